The lowest BCUT2D eigenvalue weighted by molar-refractivity contribution is -0.156. The maximum absolute atomic E-state index is 15.5. The summed E-state index contributed by atoms with van der Waals surface area (Å²) >= 11 is 0. The predicted molar refractivity (Wildman–Crippen MR) is 235 cm³/mol. The fourth-order valence-corrected chi connectivity index (χ4v) is 8.75. The molecule has 3 amide bonds. The number of amides is 3. The summed E-state index contributed by atoms with van der Waals surface area (Å²) in [4.78, 5) is 47.6. The zero-order chi connectivity index (χ0) is 41.2. The van der Waals surface area contributed by atoms with Crippen LogP contribution in [0.2, 0.25) is 0 Å². The molecule has 1 heterocycles. The molecule has 4 N–H and O–H groups in total. The second-order valence-corrected chi connectivity index (χ2v) is 17.2. The van der Waals surface area contributed by atoms with E-state index >= 15 is 4.79 Å². The average Bonchev–Trinajstić information content (AvgIpc) is 3.21. The highest BCUT2D eigenvalue weighted by atomic mass is 16.3. The predicted octanol–water partition coefficient (Wildman–Crippen LogP) is 8.07. The standard InChI is InChI=1S/C50H62N4O4/c1-34(2)28-45(51)50(58)54(46(29-35(3)4)47(55)32-48(56)52-42-24-26-53(27-25-42)33-36-14-6-5-7-15-36)49(57)41(30-39-20-12-18-37-16-8-10-22-43(37)39)31-40-21-13-19-38-17-9-11-23-44(38)40/h5-23,34-35,41-42,45-47,55H,24-33,51H2,1-4H3,(H,52,56)/t45-,46-,47-/m0/s1. The Morgan fingerprint density at radius 3 is 1.78 bits per heavy atom. The zero-order valence-electron chi connectivity index (χ0n) is 34.7. The monoisotopic (exact) mass is 782 g/mol. The van der Waals surface area contributed by atoms with Gasteiger partial charge in [-0.15, -0.1) is 0 Å². The number of carbonyl (C=O) groups is 3. The Hall–Kier alpha value is -4.89. The molecule has 0 bridgehead atoms. The minimum Gasteiger partial charge on any atom is -0.390 e. The van der Waals surface area contributed by atoms with Gasteiger partial charge in [-0.3, -0.25) is 24.2 Å². The minimum absolute atomic E-state index is 0.00987. The van der Waals surface area contributed by atoms with E-state index in [1.54, 1.807) is 0 Å². The van der Waals surface area contributed by atoms with Gasteiger partial charge in [0.2, 0.25) is 17.7 Å². The molecule has 0 spiro atoms. The van der Waals surface area contributed by atoms with E-state index in [1.165, 1.54) is 10.5 Å². The molecule has 8 heteroatoms. The van der Waals surface area contributed by atoms with Crippen LogP contribution in [-0.2, 0) is 33.8 Å². The van der Waals surface area contributed by atoms with Crippen molar-refractivity contribution in [3.63, 3.8) is 0 Å². The summed E-state index contributed by atoms with van der Waals surface area (Å²) in [6.07, 6.45) is 1.57. The number of piperidine rings is 1. The largest absolute Gasteiger partial charge is 0.390 e. The lowest BCUT2D eigenvalue weighted by atomic mass is 9.86. The maximum Gasteiger partial charge on any atom is 0.246 e. The summed E-state index contributed by atoms with van der Waals surface area (Å²) in [6.45, 7) is 10.6. The third-order valence-corrected chi connectivity index (χ3v) is 11.6. The van der Waals surface area contributed by atoms with Crippen molar-refractivity contribution in [2.24, 2.45) is 23.5 Å². The highest BCUT2D eigenvalue weighted by Crippen LogP contribution is 2.30. The molecule has 1 fully saturated rings. The topological polar surface area (TPSA) is 116 Å². The molecule has 0 unspecified atom stereocenters. The first-order valence-electron chi connectivity index (χ1n) is 21.3. The molecule has 0 aliphatic carbocycles. The van der Waals surface area contributed by atoms with Gasteiger partial charge in [-0.1, -0.05) is 143 Å². The molecule has 6 rings (SSSR count). The number of aliphatic hydroxyl groups excluding tert-OH is 1. The smallest absolute Gasteiger partial charge is 0.246 e. The van der Waals surface area contributed by atoms with Crippen LogP contribution in [0.25, 0.3) is 21.5 Å². The quantitative estimate of drug-likeness (QED) is 0.0880. The van der Waals surface area contributed by atoms with Crippen molar-refractivity contribution < 1.29 is 19.5 Å². The highest BCUT2D eigenvalue weighted by molar-refractivity contribution is 6.00. The molecule has 8 nitrogen and oxygen atoms in total. The maximum atomic E-state index is 15.5. The van der Waals surface area contributed by atoms with E-state index < -0.39 is 30.0 Å². The Balaban J connectivity index is 1.29. The van der Waals surface area contributed by atoms with Crippen LogP contribution in [0.4, 0.5) is 0 Å². The number of nitrogens with one attached hydrogen (secondary N) is 1. The van der Waals surface area contributed by atoms with Crippen LogP contribution in [-0.4, -0.2) is 69.9 Å². The first-order chi connectivity index (χ1) is 28.0. The molecule has 0 aromatic heterocycles. The Labute approximate surface area is 344 Å². The number of aliphatic hydroxyl groups is 1. The summed E-state index contributed by atoms with van der Waals surface area (Å²) in [5.41, 5.74) is 9.93. The van der Waals surface area contributed by atoms with Crippen molar-refractivity contribution in [1.82, 2.24) is 15.1 Å². The number of benzene rings is 5. The van der Waals surface area contributed by atoms with E-state index in [0.717, 1.165) is 65.1 Å². The van der Waals surface area contributed by atoms with Gasteiger partial charge in [0.05, 0.1) is 24.6 Å². The molecular formula is C50H62N4O4. The third-order valence-electron chi connectivity index (χ3n) is 11.6. The van der Waals surface area contributed by atoms with Crippen LogP contribution in [0.5, 0.6) is 0 Å². The summed E-state index contributed by atoms with van der Waals surface area (Å²) in [7, 11) is 0. The number of nitrogens with zero attached hydrogens (tertiary/aromatic N) is 2. The van der Waals surface area contributed by atoms with Crippen molar-refractivity contribution in [3.05, 3.63) is 132 Å². The van der Waals surface area contributed by atoms with E-state index in [0.29, 0.717) is 25.7 Å². The van der Waals surface area contributed by atoms with Crippen molar-refractivity contribution in [2.45, 2.75) is 103 Å². The minimum atomic E-state index is -1.28. The van der Waals surface area contributed by atoms with Gasteiger partial charge < -0.3 is 16.2 Å². The molecule has 5 aromatic carbocycles. The molecule has 3 atom stereocenters. The number of hydrogen-bond donors (Lipinski definition) is 3. The lowest BCUT2D eigenvalue weighted by Crippen LogP contribution is -2.58. The Morgan fingerprint density at radius 2 is 1.22 bits per heavy atom. The fraction of sp³-hybridized carbons (Fsp3) is 0.420. The molecule has 1 saturated heterocycles. The van der Waals surface area contributed by atoms with Crippen LogP contribution in [0, 0.1) is 17.8 Å². The van der Waals surface area contributed by atoms with Crippen LogP contribution >= 0.6 is 0 Å². The van der Waals surface area contributed by atoms with Crippen LogP contribution in [0.3, 0.4) is 0 Å². The number of rotatable bonds is 17. The Morgan fingerprint density at radius 1 is 0.707 bits per heavy atom. The summed E-state index contributed by atoms with van der Waals surface area (Å²) < 4.78 is 0. The number of carbonyl (C=O) groups excluding carboxylic acids is 3. The normalized spacial score (nSPS) is 15.5. The molecule has 0 saturated carbocycles. The van der Waals surface area contributed by atoms with Crippen molar-refractivity contribution in [3.8, 4) is 0 Å². The van der Waals surface area contributed by atoms with Gasteiger partial charge in [0.1, 0.15) is 0 Å². The lowest BCUT2D eigenvalue weighted by Gasteiger charge is -2.38. The SMILES string of the molecule is CC(C)C[C@H](N)C(=O)N(C(=O)C(Cc1cccc2ccccc12)Cc1cccc2ccccc12)[C@@H](CC(C)C)[C@@H](O)CC(=O)NC1CCN(Cc2ccccc2)CC1. The number of fused-ring (bicyclic) bond motifs is 2. The van der Waals surface area contributed by atoms with Crippen molar-refractivity contribution in [1.29, 1.82) is 0 Å². The van der Waals surface area contributed by atoms with Crippen molar-refractivity contribution >= 4 is 39.3 Å². The van der Waals surface area contributed by atoms with E-state index in [9.17, 15) is 14.7 Å². The molecule has 0 radical (unpaired) electrons. The van der Waals surface area contributed by atoms with Crippen LogP contribution < -0.4 is 11.1 Å². The Bertz CT molecular complexity index is 2040. The summed E-state index contributed by atoms with van der Waals surface area (Å²) in [5, 5.41) is 19.5. The Kier molecular flexibility index (Phi) is 14.9. The van der Waals surface area contributed by atoms with Gasteiger partial charge in [0, 0.05) is 31.6 Å². The van der Waals surface area contributed by atoms with E-state index in [1.807, 2.05) is 70.2 Å². The van der Waals surface area contributed by atoms with E-state index in [4.69, 9.17) is 5.73 Å². The number of nitrogens with two attached hydrogens (primary N) is 1. The van der Waals surface area contributed by atoms with Gasteiger partial charge in [-0.2, -0.15) is 0 Å². The number of likely N-dealkylation sites (tertiary alicyclic amines) is 1. The second kappa shape index (κ2) is 20.2. The molecule has 1 aliphatic rings. The molecule has 58 heavy (non-hydrogen) atoms. The van der Waals surface area contributed by atoms with Gasteiger partial charge in [0.25, 0.3) is 0 Å². The van der Waals surface area contributed by atoms with E-state index in [2.05, 4.69) is 83.0 Å². The van der Waals surface area contributed by atoms with Gasteiger partial charge in [0.15, 0.2) is 0 Å². The third kappa shape index (κ3) is 11.2. The fourth-order valence-electron chi connectivity index (χ4n) is 8.75. The van der Waals surface area contributed by atoms with Crippen LogP contribution in [0.1, 0.15) is 76.5 Å². The second-order valence-electron chi connectivity index (χ2n) is 17.2. The molecule has 1 aliphatic heterocycles. The molecule has 5 aromatic rings. The van der Waals surface area contributed by atoms with Gasteiger partial charge in [-0.05, 0) is 88.6 Å². The molecule has 306 valence electrons. The highest BCUT2D eigenvalue weighted by Gasteiger charge is 2.41. The van der Waals surface area contributed by atoms with Gasteiger partial charge in [-0.25, -0.2) is 0 Å². The first kappa shape index (κ1) is 42.7. The van der Waals surface area contributed by atoms with Crippen LogP contribution in [0.15, 0.2) is 115 Å². The van der Waals surface area contributed by atoms with Gasteiger partial charge >= 0.3 is 0 Å². The molecular weight excluding hydrogens is 721 g/mol. The summed E-state index contributed by atoms with van der Waals surface area (Å²) in [5.74, 6) is -1.70. The zero-order valence-corrected chi connectivity index (χ0v) is 34.7. The van der Waals surface area contributed by atoms with Crippen molar-refractivity contribution in [2.75, 3.05) is 13.1 Å². The first-order valence-corrected chi connectivity index (χ1v) is 21.3. The number of hydrogen-bond acceptors (Lipinski definition) is 6. The number of imide groups is 1. The van der Waals surface area contributed by atoms with E-state index in [-0.39, 0.29) is 36.1 Å². The summed E-state index contributed by atoms with van der Waals surface area (Å²) in [6, 6.07) is 37.0. The average molecular weight is 783 g/mol.